The van der Waals surface area contributed by atoms with E-state index in [0.29, 0.717) is 5.75 Å². The third-order valence-corrected chi connectivity index (χ3v) is 4.57. The highest BCUT2D eigenvalue weighted by Gasteiger charge is 2.54. The fraction of sp³-hybridized carbons (Fsp3) is 0.529. The van der Waals surface area contributed by atoms with Crippen LogP contribution in [0.4, 0.5) is 8.78 Å². The van der Waals surface area contributed by atoms with Crippen LogP contribution in [-0.4, -0.2) is 54.8 Å². The smallest absolute Gasteiger partial charge is 0.458 e. The maximum atomic E-state index is 13.2. The van der Waals surface area contributed by atoms with Crippen LogP contribution in [0.15, 0.2) is 30.3 Å². The van der Waals surface area contributed by atoms with Gasteiger partial charge < -0.3 is 18.9 Å². The topological polar surface area (TPSA) is 125 Å². The van der Waals surface area contributed by atoms with E-state index < -0.39 is 51.9 Å². The highest BCUT2D eigenvalue weighted by Crippen LogP contribution is 2.30. The molecule has 9 nitrogen and oxygen atoms in total. The van der Waals surface area contributed by atoms with E-state index in [1.807, 2.05) is 0 Å². The van der Waals surface area contributed by atoms with Gasteiger partial charge in [-0.05, 0) is 26.0 Å². The third kappa shape index (κ3) is 6.42. The molecule has 1 aromatic carbocycles. The van der Waals surface area contributed by atoms with Gasteiger partial charge in [0.2, 0.25) is 0 Å². The van der Waals surface area contributed by atoms with Gasteiger partial charge in [0.15, 0.2) is 5.79 Å². The zero-order valence-corrected chi connectivity index (χ0v) is 16.4. The molecule has 2 atom stereocenters. The zero-order valence-electron chi connectivity index (χ0n) is 15.5. The number of hydrogen-bond acceptors (Lipinski definition) is 8. The number of carbonyl (C=O) groups is 2. The second-order valence-electron chi connectivity index (χ2n) is 6.70. The Bertz CT molecular complexity index is 840. The van der Waals surface area contributed by atoms with Crippen molar-refractivity contribution in [3.05, 3.63) is 30.3 Å². The lowest BCUT2D eigenvalue weighted by Gasteiger charge is -2.40. The van der Waals surface area contributed by atoms with Crippen molar-refractivity contribution in [2.45, 2.75) is 49.9 Å². The molecule has 0 aromatic heterocycles. The predicted octanol–water partition coefficient (Wildman–Crippen LogP) is 1.92. The first-order valence-electron chi connectivity index (χ1n) is 8.43. The van der Waals surface area contributed by atoms with Gasteiger partial charge in [-0.2, -0.15) is 17.2 Å². The summed E-state index contributed by atoms with van der Waals surface area (Å²) in [5.74, 6) is -3.94. The van der Waals surface area contributed by atoms with Gasteiger partial charge in [-0.15, -0.1) is 0 Å². The number of benzene rings is 1. The van der Waals surface area contributed by atoms with E-state index in [-0.39, 0.29) is 12.8 Å². The highest BCUT2D eigenvalue weighted by atomic mass is 32.2. The molecule has 0 radical (unpaired) electrons. The van der Waals surface area contributed by atoms with Gasteiger partial charge >= 0.3 is 27.3 Å². The Morgan fingerprint density at radius 3 is 2.38 bits per heavy atom. The zero-order chi connectivity index (χ0) is 21.9. The first-order valence-corrected chi connectivity index (χ1v) is 9.87. The van der Waals surface area contributed by atoms with Crippen LogP contribution in [0.5, 0.6) is 5.75 Å². The van der Waals surface area contributed by atoms with Crippen LogP contribution in [-0.2, 0) is 33.9 Å². The van der Waals surface area contributed by atoms with Gasteiger partial charge in [-0.1, -0.05) is 18.2 Å². The fourth-order valence-electron chi connectivity index (χ4n) is 2.65. The first kappa shape index (κ1) is 23.1. The molecule has 0 spiro atoms. The molecule has 1 saturated heterocycles. The average molecular weight is 438 g/mol. The van der Waals surface area contributed by atoms with E-state index in [1.54, 1.807) is 30.3 Å². The summed E-state index contributed by atoms with van der Waals surface area (Å²) >= 11 is 0. The lowest BCUT2D eigenvalue weighted by molar-refractivity contribution is -0.304. The van der Waals surface area contributed by atoms with Crippen molar-refractivity contribution in [1.29, 1.82) is 0 Å². The number of alkyl halides is 2. The molecule has 2 unspecified atom stereocenters. The van der Waals surface area contributed by atoms with Crippen molar-refractivity contribution in [2.24, 2.45) is 0 Å². The summed E-state index contributed by atoms with van der Waals surface area (Å²) in [6, 6.07) is 8.29. The fourth-order valence-corrected chi connectivity index (χ4v) is 2.92. The van der Waals surface area contributed by atoms with E-state index >= 15 is 0 Å². The molecule has 0 aliphatic carbocycles. The summed E-state index contributed by atoms with van der Waals surface area (Å²) in [7, 11) is -5.97. The molecule has 2 rings (SSSR count). The molecule has 0 amide bonds. The lowest BCUT2D eigenvalue weighted by Crippen LogP contribution is -2.48. The van der Waals surface area contributed by atoms with Gasteiger partial charge in [-0.3, -0.25) is 9.35 Å². The monoisotopic (exact) mass is 438 g/mol. The maximum absolute atomic E-state index is 13.2. The van der Waals surface area contributed by atoms with Crippen LogP contribution in [0.2, 0.25) is 0 Å². The Morgan fingerprint density at radius 2 is 1.79 bits per heavy atom. The molecular weight excluding hydrogens is 418 g/mol. The van der Waals surface area contributed by atoms with Crippen LogP contribution in [0.3, 0.4) is 0 Å². The van der Waals surface area contributed by atoms with Gasteiger partial charge in [0.05, 0.1) is 18.6 Å². The second kappa shape index (κ2) is 8.69. The SMILES string of the molecule is CC1(C)OC(COC(=O)C(F)(F)S(=O)(=O)O)CC(CC(=O)Oc2ccccc2)O1. The van der Waals surface area contributed by atoms with Gasteiger partial charge in [-0.25, -0.2) is 4.79 Å². The largest absolute Gasteiger partial charge is 0.465 e. The van der Waals surface area contributed by atoms with Crippen molar-refractivity contribution in [2.75, 3.05) is 6.61 Å². The van der Waals surface area contributed by atoms with E-state index in [0.717, 1.165) is 0 Å². The van der Waals surface area contributed by atoms with Crippen molar-refractivity contribution >= 4 is 22.1 Å². The minimum atomic E-state index is -5.97. The molecule has 1 heterocycles. The number of halogens is 2. The minimum Gasteiger partial charge on any atom is -0.458 e. The van der Waals surface area contributed by atoms with Gasteiger partial charge in [0, 0.05) is 6.42 Å². The van der Waals surface area contributed by atoms with Gasteiger partial charge in [0.25, 0.3) is 0 Å². The van der Waals surface area contributed by atoms with Crippen molar-refractivity contribution in [3.63, 3.8) is 0 Å². The Morgan fingerprint density at radius 1 is 1.21 bits per heavy atom. The van der Waals surface area contributed by atoms with Gasteiger partial charge in [0.1, 0.15) is 12.4 Å². The quantitative estimate of drug-likeness (QED) is 0.386. The average Bonchev–Trinajstić information content (AvgIpc) is 2.58. The van der Waals surface area contributed by atoms with Crippen LogP contribution < -0.4 is 4.74 Å². The summed E-state index contributed by atoms with van der Waals surface area (Å²) in [4.78, 5) is 23.4. The highest BCUT2D eigenvalue weighted by molar-refractivity contribution is 7.87. The van der Waals surface area contributed by atoms with Crippen molar-refractivity contribution in [3.8, 4) is 5.75 Å². The maximum Gasteiger partial charge on any atom is 0.465 e. The number of carbonyl (C=O) groups excluding carboxylic acids is 2. The molecule has 162 valence electrons. The summed E-state index contributed by atoms with van der Waals surface area (Å²) in [6.07, 6.45) is -1.90. The van der Waals surface area contributed by atoms with E-state index in [4.69, 9.17) is 18.8 Å². The summed E-state index contributed by atoms with van der Waals surface area (Å²) < 4.78 is 76.5. The van der Waals surface area contributed by atoms with E-state index in [9.17, 15) is 26.8 Å². The van der Waals surface area contributed by atoms with Crippen molar-refractivity contribution in [1.82, 2.24) is 0 Å². The summed E-state index contributed by atoms with van der Waals surface area (Å²) in [6.45, 7) is 2.27. The minimum absolute atomic E-state index is 0.0158. The number of rotatable bonds is 7. The molecule has 0 saturated carbocycles. The normalized spacial score (nSPS) is 22.0. The molecule has 1 fully saturated rings. The molecule has 1 aromatic rings. The van der Waals surface area contributed by atoms with Crippen LogP contribution >= 0.6 is 0 Å². The molecule has 0 bridgehead atoms. The van der Waals surface area contributed by atoms with E-state index in [1.165, 1.54) is 13.8 Å². The lowest BCUT2D eigenvalue weighted by atomic mass is 10.1. The molecule has 29 heavy (non-hydrogen) atoms. The van der Waals surface area contributed by atoms with E-state index in [2.05, 4.69) is 4.74 Å². The number of hydrogen-bond donors (Lipinski definition) is 1. The Balaban J connectivity index is 1.95. The molecular formula is C17H20F2O9S. The Labute approximate surface area is 165 Å². The molecule has 1 N–H and O–H groups in total. The van der Waals surface area contributed by atoms with Crippen molar-refractivity contribution < 1.29 is 50.3 Å². The Hall–Kier alpha value is -2.15. The predicted molar refractivity (Wildman–Crippen MR) is 92.6 cm³/mol. The third-order valence-electron chi connectivity index (χ3n) is 3.76. The Kier molecular flexibility index (Phi) is 6.93. The molecule has 1 aliphatic heterocycles. The second-order valence-corrected chi connectivity index (χ2v) is 8.16. The van der Waals surface area contributed by atoms with Crippen LogP contribution in [0.25, 0.3) is 0 Å². The summed E-state index contributed by atoms with van der Waals surface area (Å²) in [5, 5.41) is -5.10. The first-order chi connectivity index (χ1) is 13.3. The number of esters is 2. The van der Waals surface area contributed by atoms with Crippen LogP contribution in [0.1, 0.15) is 26.7 Å². The molecule has 1 aliphatic rings. The van der Waals surface area contributed by atoms with Crippen LogP contribution in [0, 0.1) is 0 Å². The standard InChI is InChI=1S/C17H20F2O9S/c1-16(2)27-12(9-14(20)26-11-6-4-3-5-7-11)8-13(28-16)10-25-15(21)17(18,19)29(22,23)24/h3-7,12-13H,8-10H2,1-2H3,(H,22,23,24). The number of para-hydroxylation sites is 1. The number of ether oxygens (including phenoxy) is 4. The molecule has 12 heteroatoms. The summed E-state index contributed by atoms with van der Waals surface area (Å²) in [5.41, 5.74) is 0.